The van der Waals surface area contributed by atoms with Crippen LogP contribution in [0.5, 0.6) is 0 Å². The van der Waals surface area contributed by atoms with Gasteiger partial charge in [-0.2, -0.15) is 9.36 Å². The lowest BCUT2D eigenvalue weighted by Gasteiger charge is -2.35. The Kier molecular flexibility index (Phi) is 5.03. The van der Waals surface area contributed by atoms with Crippen LogP contribution in [-0.2, 0) is 0 Å². The predicted octanol–water partition coefficient (Wildman–Crippen LogP) is 3.12. The van der Waals surface area contributed by atoms with Gasteiger partial charge in [-0.05, 0) is 24.4 Å². The maximum atomic E-state index is 5.52. The standard InChI is InChI=1S/C18H18N6S2/c25-17(20-15-7-4-8-19-13-15)23-9-11-24(12-10-23)18-21-16(22-26-18)14-5-2-1-3-6-14/h1-8,13H,9-12H2,(H,20,25). The first-order valence-electron chi connectivity index (χ1n) is 8.39. The number of rotatable bonds is 3. The number of piperazine rings is 1. The van der Waals surface area contributed by atoms with Crippen LogP contribution < -0.4 is 10.2 Å². The number of aromatic nitrogens is 3. The second-order valence-electron chi connectivity index (χ2n) is 5.91. The van der Waals surface area contributed by atoms with Crippen molar-refractivity contribution in [2.75, 3.05) is 36.4 Å². The molecule has 1 aliphatic heterocycles. The summed E-state index contributed by atoms with van der Waals surface area (Å²) in [7, 11) is 0. The van der Waals surface area contributed by atoms with E-state index in [0.717, 1.165) is 53.5 Å². The molecule has 0 saturated carbocycles. The lowest BCUT2D eigenvalue weighted by Crippen LogP contribution is -2.50. The van der Waals surface area contributed by atoms with Crippen molar-refractivity contribution in [3.8, 4) is 11.4 Å². The van der Waals surface area contributed by atoms with Gasteiger partial charge in [-0.15, -0.1) is 0 Å². The van der Waals surface area contributed by atoms with Crippen LogP contribution >= 0.6 is 23.8 Å². The summed E-state index contributed by atoms with van der Waals surface area (Å²) in [6, 6.07) is 13.9. The van der Waals surface area contributed by atoms with Crippen LogP contribution in [0.1, 0.15) is 0 Å². The van der Waals surface area contributed by atoms with Crippen molar-refractivity contribution >= 4 is 39.7 Å². The summed E-state index contributed by atoms with van der Waals surface area (Å²) in [5.41, 5.74) is 1.96. The zero-order valence-electron chi connectivity index (χ0n) is 14.1. The molecule has 0 amide bonds. The third kappa shape index (κ3) is 3.81. The summed E-state index contributed by atoms with van der Waals surface area (Å²) in [6.45, 7) is 3.45. The van der Waals surface area contributed by atoms with Crippen molar-refractivity contribution < 1.29 is 0 Å². The Morgan fingerprint density at radius 2 is 1.85 bits per heavy atom. The van der Waals surface area contributed by atoms with Gasteiger partial charge in [0.2, 0.25) is 5.13 Å². The van der Waals surface area contributed by atoms with Gasteiger partial charge < -0.3 is 15.1 Å². The summed E-state index contributed by atoms with van der Waals surface area (Å²) >= 11 is 6.98. The van der Waals surface area contributed by atoms with Crippen LogP contribution in [0.25, 0.3) is 11.4 Å². The maximum absolute atomic E-state index is 5.52. The lowest BCUT2D eigenvalue weighted by molar-refractivity contribution is 0.390. The summed E-state index contributed by atoms with van der Waals surface area (Å²) in [4.78, 5) is 13.2. The van der Waals surface area contributed by atoms with Crippen molar-refractivity contribution in [3.05, 3.63) is 54.9 Å². The first-order chi connectivity index (χ1) is 12.8. The molecule has 0 radical (unpaired) electrons. The number of nitrogens with zero attached hydrogens (tertiary/aromatic N) is 5. The number of nitrogens with one attached hydrogen (secondary N) is 1. The molecule has 8 heteroatoms. The van der Waals surface area contributed by atoms with E-state index in [4.69, 9.17) is 17.2 Å². The Labute approximate surface area is 161 Å². The summed E-state index contributed by atoms with van der Waals surface area (Å²) in [5, 5.41) is 4.95. The van der Waals surface area contributed by atoms with Gasteiger partial charge in [-0.1, -0.05) is 30.3 Å². The van der Waals surface area contributed by atoms with Gasteiger partial charge in [0, 0.05) is 49.5 Å². The highest BCUT2D eigenvalue weighted by atomic mass is 32.1. The van der Waals surface area contributed by atoms with E-state index in [1.54, 1.807) is 12.4 Å². The van der Waals surface area contributed by atoms with Crippen LogP contribution in [0.2, 0.25) is 0 Å². The molecule has 0 aliphatic carbocycles. The third-order valence-electron chi connectivity index (χ3n) is 4.20. The molecule has 0 spiro atoms. The number of thiocarbonyl (C=S) groups is 1. The van der Waals surface area contributed by atoms with Gasteiger partial charge in [0.1, 0.15) is 0 Å². The van der Waals surface area contributed by atoms with Gasteiger partial charge in [0.15, 0.2) is 10.9 Å². The molecule has 0 atom stereocenters. The summed E-state index contributed by atoms with van der Waals surface area (Å²) < 4.78 is 4.50. The molecule has 1 aliphatic rings. The predicted molar refractivity (Wildman–Crippen MR) is 110 cm³/mol. The second-order valence-corrected chi connectivity index (χ2v) is 7.03. The largest absolute Gasteiger partial charge is 0.345 e. The fraction of sp³-hybridized carbons (Fsp3) is 0.222. The Morgan fingerprint density at radius 3 is 2.58 bits per heavy atom. The zero-order valence-corrected chi connectivity index (χ0v) is 15.7. The van der Waals surface area contributed by atoms with E-state index in [0.29, 0.717) is 0 Å². The van der Waals surface area contributed by atoms with Crippen molar-refractivity contribution in [1.29, 1.82) is 0 Å². The molecule has 6 nitrogen and oxygen atoms in total. The quantitative estimate of drug-likeness (QED) is 0.699. The molecule has 132 valence electrons. The van der Waals surface area contributed by atoms with E-state index in [2.05, 4.69) is 24.5 Å². The van der Waals surface area contributed by atoms with Crippen LogP contribution in [0, 0.1) is 0 Å². The number of hydrogen-bond donors (Lipinski definition) is 1. The Balaban J connectivity index is 1.35. The number of hydrogen-bond acceptors (Lipinski definition) is 6. The van der Waals surface area contributed by atoms with Crippen molar-refractivity contribution in [3.63, 3.8) is 0 Å². The molecule has 1 N–H and O–H groups in total. The van der Waals surface area contributed by atoms with Crippen molar-refractivity contribution in [2.24, 2.45) is 0 Å². The maximum Gasteiger partial charge on any atom is 0.205 e. The minimum atomic E-state index is 0.736. The molecular formula is C18H18N6S2. The van der Waals surface area contributed by atoms with Crippen LogP contribution in [-0.4, -0.2) is 50.5 Å². The minimum absolute atomic E-state index is 0.736. The lowest BCUT2D eigenvalue weighted by atomic mass is 10.2. The van der Waals surface area contributed by atoms with Gasteiger partial charge in [-0.3, -0.25) is 4.98 Å². The molecular weight excluding hydrogens is 364 g/mol. The number of benzene rings is 1. The average Bonchev–Trinajstić information content (AvgIpc) is 3.20. The average molecular weight is 383 g/mol. The Morgan fingerprint density at radius 1 is 1.04 bits per heavy atom. The van der Waals surface area contributed by atoms with E-state index in [1.807, 2.05) is 42.5 Å². The highest BCUT2D eigenvalue weighted by Gasteiger charge is 2.22. The van der Waals surface area contributed by atoms with E-state index < -0.39 is 0 Å². The first kappa shape index (κ1) is 16.9. The Hall–Kier alpha value is -2.58. The van der Waals surface area contributed by atoms with Crippen molar-refractivity contribution in [1.82, 2.24) is 19.2 Å². The van der Waals surface area contributed by atoms with E-state index in [-0.39, 0.29) is 0 Å². The highest BCUT2D eigenvalue weighted by Crippen LogP contribution is 2.24. The molecule has 3 aromatic rings. The molecule has 1 fully saturated rings. The number of anilines is 2. The van der Waals surface area contributed by atoms with Gasteiger partial charge >= 0.3 is 0 Å². The fourth-order valence-corrected chi connectivity index (χ4v) is 3.83. The summed E-state index contributed by atoms with van der Waals surface area (Å²) in [6.07, 6.45) is 3.52. The van der Waals surface area contributed by atoms with Crippen LogP contribution in [0.3, 0.4) is 0 Å². The monoisotopic (exact) mass is 382 g/mol. The molecule has 1 saturated heterocycles. The highest BCUT2D eigenvalue weighted by molar-refractivity contribution is 7.80. The molecule has 4 rings (SSSR count). The topological polar surface area (TPSA) is 57.2 Å². The molecule has 26 heavy (non-hydrogen) atoms. The van der Waals surface area contributed by atoms with Gasteiger partial charge in [0.25, 0.3) is 0 Å². The normalized spacial score (nSPS) is 14.3. The van der Waals surface area contributed by atoms with E-state index in [9.17, 15) is 0 Å². The molecule has 1 aromatic carbocycles. The molecule has 0 unspecified atom stereocenters. The smallest absolute Gasteiger partial charge is 0.205 e. The Bertz CT molecular complexity index is 860. The molecule has 0 bridgehead atoms. The van der Waals surface area contributed by atoms with E-state index >= 15 is 0 Å². The second kappa shape index (κ2) is 7.76. The molecule has 2 aromatic heterocycles. The summed E-state index contributed by atoms with van der Waals surface area (Å²) in [5.74, 6) is 0.793. The fourth-order valence-electron chi connectivity index (χ4n) is 2.79. The zero-order chi connectivity index (χ0) is 17.8. The van der Waals surface area contributed by atoms with E-state index in [1.165, 1.54) is 11.5 Å². The van der Waals surface area contributed by atoms with Gasteiger partial charge in [0.05, 0.1) is 11.9 Å². The molecule has 3 heterocycles. The van der Waals surface area contributed by atoms with Crippen LogP contribution in [0.4, 0.5) is 10.8 Å². The third-order valence-corrected chi connectivity index (χ3v) is 5.33. The minimum Gasteiger partial charge on any atom is -0.345 e. The van der Waals surface area contributed by atoms with Crippen LogP contribution in [0.15, 0.2) is 54.9 Å². The SMILES string of the molecule is S=C(Nc1cccnc1)N1CCN(c2nc(-c3ccccc3)ns2)CC1. The van der Waals surface area contributed by atoms with Crippen molar-refractivity contribution in [2.45, 2.75) is 0 Å². The van der Waals surface area contributed by atoms with Gasteiger partial charge in [-0.25, -0.2) is 0 Å². The number of pyridine rings is 1. The first-order valence-corrected chi connectivity index (χ1v) is 9.58.